The summed E-state index contributed by atoms with van der Waals surface area (Å²) in [5.41, 5.74) is 5.67. The Labute approximate surface area is 231 Å². The van der Waals surface area contributed by atoms with Crippen molar-refractivity contribution in [3.63, 3.8) is 0 Å². The van der Waals surface area contributed by atoms with Gasteiger partial charge in [0.1, 0.15) is 6.10 Å². The Kier molecular flexibility index (Phi) is 8.87. The van der Waals surface area contributed by atoms with E-state index in [1.807, 2.05) is 48.5 Å². The molecule has 1 heterocycles. The number of aryl methyl sites for hydroxylation is 1. The van der Waals surface area contributed by atoms with Gasteiger partial charge in [-0.2, -0.15) is 0 Å². The molecule has 4 aromatic rings. The van der Waals surface area contributed by atoms with Gasteiger partial charge in [0.2, 0.25) is 0 Å². The second-order valence-electron chi connectivity index (χ2n) is 8.81. The Bertz CT molecular complexity index is 1430. The summed E-state index contributed by atoms with van der Waals surface area (Å²) in [6.45, 7) is 5.71. The van der Waals surface area contributed by atoms with Crippen LogP contribution in [0.2, 0.25) is 10.0 Å². The molecule has 0 aliphatic rings. The number of benzene rings is 3. The maximum absolute atomic E-state index is 12.8. The van der Waals surface area contributed by atoms with Crippen LogP contribution in [0.15, 0.2) is 71.3 Å². The summed E-state index contributed by atoms with van der Waals surface area (Å²) in [6, 6.07) is 20.6. The van der Waals surface area contributed by atoms with Crippen molar-refractivity contribution in [1.29, 1.82) is 0 Å². The Morgan fingerprint density at radius 1 is 0.895 bits per heavy atom. The molecular weight excluding hydrogens is 525 g/mol. The molecule has 0 amide bonds. The minimum Gasteiger partial charge on any atom is -0.466 e. The van der Waals surface area contributed by atoms with E-state index < -0.39 is 12.1 Å². The molecule has 0 saturated carbocycles. The van der Waals surface area contributed by atoms with Crippen molar-refractivity contribution >= 4 is 35.1 Å². The summed E-state index contributed by atoms with van der Waals surface area (Å²) in [5.74, 6) is -0.140. The summed E-state index contributed by atoms with van der Waals surface area (Å²) >= 11 is 12.2. The van der Waals surface area contributed by atoms with Crippen LogP contribution in [0.5, 0.6) is 0 Å². The van der Waals surface area contributed by atoms with E-state index in [-0.39, 0.29) is 18.8 Å². The van der Waals surface area contributed by atoms with Crippen LogP contribution in [0.4, 0.5) is 0 Å². The first-order valence-electron chi connectivity index (χ1n) is 12.2. The van der Waals surface area contributed by atoms with Crippen molar-refractivity contribution in [2.45, 2.75) is 39.7 Å². The normalized spacial score (nSPS) is 11.7. The molecule has 4 rings (SSSR count). The summed E-state index contributed by atoms with van der Waals surface area (Å²) in [7, 11) is 0. The van der Waals surface area contributed by atoms with Gasteiger partial charge < -0.3 is 14.0 Å². The van der Waals surface area contributed by atoms with E-state index in [9.17, 15) is 9.59 Å². The fourth-order valence-corrected chi connectivity index (χ4v) is 4.67. The highest BCUT2D eigenvalue weighted by Gasteiger charge is 2.21. The molecule has 0 bridgehead atoms. The minimum atomic E-state index is -0.543. The first-order valence-corrected chi connectivity index (χ1v) is 13.0. The topological polar surface area (TPSA) is 78.6 Å². The smallest absolute Gasteiger partial charge is 0.311 e. The Hall–Kier alpha value is -3.61. The van der Waals surface area contributed by atoms with Crippen LogP contribution in [0, 0.1) is 6.92 Å². The van der Waals surface area contributed by atoms with Crippen molar-refractivity contribution in [1.82, 2.24) is 5.16 Å². The number of esters is 2. The molecular formula is C30H27Cl2NO5. The average Bonchev–Trinajstić information content (AvgIpc) is 3.24. The summed E-state index contributed by atoms with van der Waals surface area (Å²) in [5, 5.41) is 5.03. The van der Waals surface area contributed by atoms with Crippen LogP contribution < -0.4 is 0 Å². The SMILES string of the molecule is CCOC(=O)Cc1ccc(-c2ccc(-c3onc(C)c3CC(=O)OC(C)c3ccc(Cl)cc3Cl)cc2)cc1. The summed E-state index contributed by atoms with van der Waals surface area (Å²) < 4.78 is 16.2. The molecule has 0 radical (unpaired) electrons. The molecule has 0 spiro atoms. The van der Waals surface area contributed by atoms with E-state index in [0.717, 1.165) is 22.3 Å². The van der Waals surface area contributed by atoms with Gasteiger partial charge in [0.15, 0.2) is 5.76 Å². The highest BCUT2D eigenvalue weighted by atomic mass is 35.5. The highest BCUT2D eigenvalue weighted by Crippen LogP contribution is 2.31. The van der Waals surface area contributed by atoms with E-state index in [4.69, 9.17) is 37.2 Å². The lowest BCUT2D eigenvalue weighted by molar-refractivity contribution is -0.147. The van der Waals surface area contributed by atoms with E-state index in [0.29, 0.717) is 39.2 Å². The fraction of sp³-hybridized carbons (Fsp3) is 0.233. The zero-order valence-corrected chi connectivity index (χ0v) is 22.8. The molecule has 0 N–H and O–H groups in total. The van der Waals surface area contributed by atoms with Gasteiger partial charge in [-0.15, -0.1) is 0 Å². The molecule has 196 valence electrons. The highest BCUT2D eigenvalue weighted by molar-refractivity contribution is 6.35. The van der Waals surface area contributed by atoms with Crippen LogP contribution in [0.25, 0.3) is 22.5 Å². The van der Waals surface area contributed by atoms with Crippen LogP contribution in [0.3, 0.4) is 0 Å². The minimum absolute atomic E-state index is 0.00386. The van der Waals surface area contributed by atoms with E-state index in [1.54, 1.807) is 39.0 Å². The van der Waals surface area contributed by atoms with Crippen LogP contribution >= 0.6 is 23.2 Å². The first kappa shape index (κ1) is 27.4. The van der Waals surface area contributed by atoms with Gasteiger partial charge in [0.05, 0.1) is 25.1 Å². The lowest BCUT2D eigenvalue weighted by Crippen LogP contribution is -2.12. The Morgan fingerprint density at radius 3 is 2.16 bits per heavy atom. The monoisotopic (exact) mass is 551 g/mol. The van der Waals surface area contributed by atoms with Gasteiger partial charge >= 0.3 is 11.9 Å². The van der Waals surface area contributed by atoms with Crippen molar-refractivity contribution < 1.29 is 23.6 Å². The van der Waals surface area contributed by atoms with Gasteiger partial charge in [-0.1, -0.05) is 83.0 Å². The summed E-state index contributed by atoms with van der Waals surface area (Å²) in [4.78, 5) is 24.5. The predicted molar refractivity (Wildman–Crippen MR) is 147 cm³/mol. The first-order chi connectivity index (χ1) is 18.2. The zero-order valence-electron chi connectivity index (χ0n) is 21.3. The van der Waals surface area contributed by atoms with Gasteiger partial charge in [0.25, 0.3) is 0 Å². The number of halogens is 2. The maximum Gasteiger partial charge on any atom is 0.311 e. The molecule has 6 nitrogen and oxygen atoms in total. The number of nitrogens with zero attached hydrogens (tertiary/aromatic N) is 1. The molecule has 1 aromatic heterocycles. The molecule has 1 unspecified atom stereocenters. The van der Waals surface area contributed by atoms with Crippen molar-refractivity contribution in [3.8, 4) is 22.5 Å². The molecule has 8 heteroatoms. The number of ether oxygens (including phenoxy) is 2. The molecule has 0 saturated heterocycles. The molecule has 0 aliphatic heterocycles. The molecule has 1 atom stereocenters. The lowest BCUT2D eigenvalue weighted by Gasteiger charge is -2.15. The number of hydrogen-bond acceptors (Lipinski definition) is 6. The number of carbonyl (C=O) groups is 2. The van der Waals surface area contributed by atoms with E-state index in [1.165, 1.54) is 0 Å². The largest absolute Gasteiger partial charge is 0.466 e. The molecule has 0 aliphatic carbocycles. The Morgan fingerprint density at radius 2 is 1.53 bits per heavy atom. The number of carbonyl (C=O) groups excluding carboxylic acids is 2. The van der Waals surface area contributed by atoms with E-state index in [2.05, 4.69) is 5.16 Å². The molecule has 38 heavy (non-hydrogen) atoms. The van der Waals surface area contributed by atoms with E-state index >= 15 is 0 Å². The fourth-order valence-electron chi connectivity index (χ4n) is 4.11. The van der Waals surface area contributed by atoms with Gasteiger partial charge in [-0.05, 0) is 49.6 Å². The van der Waals surface area contributed by atoms with Crippen molar-refractivity contribution in [3.05, 3.63) is 99.2 Å². The quantitative estimate of drug-likeness (QED) is 0.199. The maximum atomic E-state index is 12.8. The summed E-state index contributed by atoms with van der Waals surface area (Å²) in [6.07, 6.45) is -0.294. The number of hydrogen-bond donors (Lipinski definition) is 0. The lowest BCUT2D eigenvalue weighted by atomic mass is 9.99. The van der Waals surface area contributed by atoms with Gasteiger partial charge in [0, 0.05) is 26.7 Å². The molecule has 3 aromatic carbocycles. The number of rotatable bonds is 9. The van der Waals surface area contributed by atoms with Gasteiger partial charge in [-0.25, -0.2) is 0 Å². The van der Waals surface area contributed by atoms with Gasteiger partial charge in [-0.3, -0.25) is 9.59 Å². The standard InChI is InChI=1S/C30H27Cl2NO5/c1-4-36-28(34)15-20-5-7-21(8-6-20)22-9-11-23(12-10-22)30-26(18(2)33-38-30)17-29(35)37-19(3)25-14-13-24(31)16-27(25)32/h5-14,16,19H,4,15,17H2,1-3H3. The second kappa shape index (κ2) is 12.3. The third-order valence-electron chi connectivity index (χ3n) is 6.10. The average molecular weight is 552 g/mol. The third kappa shape index (κ3) is 6.63. The Balaban J connectivity index is 1.45. The predicted octanol–water partition coefficient (Wildman–Crippen LogP) is 7.58. The van der Waals surface area contributed by atoms with Crippen molar-refractivity contribution in [2.24, 2.45) is 0 Å². The van der Waals surface area contributed by atoms with Crippen LogP contribution in [-0.2, 0) is 31.9 Å². The zero-order chi connectivity index (χ0) is 27.2. The van der Waals surface area contributed by atoms with Crippen LogP contribution in [0.1, 0.15) is 42.3 Å². The third-order valence-corrected chi connectivity index (χ3v) is 6.67. The van der Waals surface area contributed by atoms with Crippen LogP contribution in [-0.4, -0.2) is 23.7 Å². The molecule has 0 fully saturated rings. The number of aromatic nitrogens is 1. The van der Waals surface area contributed by atoms with Crippen molar-refractivity contribution in [2.75, 3.05) is 6.61 Å². The second-order valence-corrected chi connectivity index (χ2v) is 9.65.